The van der Waals surface area contributed by atoms with Crippen LogP contribution in [-0.4, -0.2) is 23.7 Å². The molecule has 0 amide bonds. The highest BCUT2D eigenvalue weighted by molar-refractivity contribution is 5.70. The largest absolute Gasteiger partial charge is 0.481 e. The Morgan fingerprint density at radius 3 is 2.21 bits per heavy atom. The summed E-state index contributed by atoms with van der Waals surface area (Å²) in [5.41, 5.74) is 0. The average molecular weight is 212 g/mol. The number of halogens is 3. The van der Waals surface area contributed by atoms with E-state index in [0.717, 1.165) is 12.8 Å². The topological polar surface area (TPSA) is 37.3 Å². The number of hydrogen-bond donors (Lipinski definition) is 1. The van der Waals surface area contributed by atoms with Gasteiger partial charge in [-0.3, -0.25) is 4.79 Å². The molecular weight excluding hydrogens is 197 g/mol. The summed E-state index contributed by atoms with van der Waals surface area (Å²) < 4.78 is 36.6. The number of carboxylic acids is 1. The Kier molecular flexibility index (Phi) is 6.32. The molecule has 0 saturated carbocycles. The second-order valence-electron chi connectivity index (χ2n) is 3.22. The van der Waals surface area contributed by atoms with Gasteiger partial charge in [0.25, 0.3) is 6.43 Å². The Balaban J connectivity index is 4.08. The lowest BCUT2D eigenvalue weighted by atomic mass is 9.97. The molecule has 0 aromatic heterocycles. The van der Waals surface area contributed by atoms with Gasteiger partial charge in [0, 0.05) is 0 Å². The molecule has 2 unspecified atom stereocenters. The molecule has 0 radical (unpaired) electrons. The maximum Gasteiger partial charge on any atom is 0.309 e. The molecule has 0 aromatic rings. The van der Waals surface area contributed by atoms with Crippen LogP contribution in [0, 0.1) is 5.92 Å². The minimum absolute atomic E-state index is 0.0192. The monoisotopic (exact) mass is 212 g/mol. The predicted molar refractivity (Wildman–Crippen MR) is 46.2 cm³/mol. The van der Waals surface area contributed by atoms with Crippen LogP contribution < -0.4 is 0 Å². The number of carboxylic acid groups (broad SMARTS) is 1. The summed E-state index contributed by atoms with van der Waals surface area (Å²) in [4.78, 5) is 10.5. The van der Waals surface area contributed by atoms with Crippen molar-refractivity contribution >= 4 is 5.97 Å². The fraction of sp³-hybridized carbons (Fsp3) is 0.889. The number of alkyl halides is 3. The Labute approximate surface area is 81.1 Å². The lowest BCUT2D eigenvalue weighted by Gasteiger charge is -2.15. The van der Waals surface area contributed by atoms with Crippen molar-refractivity contribution in [2.24, 2.45) is 5.92 Å². The fourth-order valence-corrected chi connectivity index (χ4v) is 1.21. The Bertz CT molecular complexity index is 173. The van der Waals surface area contributed by atoms with Gasteiger partial charge in [0.05, 0.1) is 5.92 Å². The van der Waals surface area contributed by atoms with Gasteiger partial charge in [0.1, 0.15) is 0 Å². The molecule has 0 fully saturated rings. The van der Waals surface area contributed by atoms with Crippen LogP contribution in [-0.2, 0) is 4.79 Å². The third kappa shape index (κ3) is 4.48. The summed E-state index contributed by atoms with van der Waals surface area (Å²) in [5.74, 6) is -3.05. The van der Waals surface area contributed by atoms with Crippen LogP contribution in [0.25, 0.3) is 0 Å². The Morgan fingerprint density at radius 1 is 1.29 bits per heavy atom. The van der Waals surface area contributed by atoms with Crippen LogP contribution in [0.3, 0.4) is 0 Å². The molecule has 2 atom stereocenters. The highest BCUT2D eigenvalue weighted by atomic mass is 19.3. The molecule has 2 nitrogen and oxygen atoms in total. The van der Waals surface area contributed by atoms with Crippen LogP contribution in [0.2, 0.25) is 0 Å². The number of aliphatic carboxylic acids is 1. The quantitative estimate of drug-likeness (QED) is 0.659. The van der Waals surface area contributed by atoms with Gasteiger partial charge in [0.2, 0.25) is 0 Å². The van der Waals surface area contributed by atoms with E-state index >= 15 is 0 Å². The third-order valence-electron chi connectivity index (χ3n) is 2.06. The van der Waals surface area contributed by atoms with Crippen LogP contribution in [0.15, 0.2) is 0 Å². The summed E-state index contributed by atoms with van der Waals surface area (Å²) in [6.45, 7) is 1.90. The SMILES string of the molecule is CCCCCC(C(=O)O)C(F)C(F)F. The molecule has 5 heteroatoms. The average Bonchev–Trinajstić information content (AvgIpc) is 2.10. The molecule has 0 saturated heterocycles. The van der Waals surface area contributed by atoms with Crippen LogP contribution in [0.5, 0.6) is 0 Å². The minimum atomic E-state index is -3.21. The molecule has 0 aliphatic rings. The first-order valence-corrected chi connectivity index (χ1v) is 4.65. The van der Waals surface area contributed by atoms with Crippen molar-refractivity contribution in [3.63, 3.8) is 0 Å². The second-order valence-corrected chi connectivity index (χ2v) is 3.22. The maximum atomic E-state index is 12.7. The lowest BCUT2D eigenvalue weighted by molar-refractivity contribution is -0.147. The van der Waals surface area contributed by atoms with Gasteiger partial charge in [-0.05, 0) is 6.42 Å². The van der Waals surface area contributed by atoms with E-state index < -0.39 is 24.5 Å². The molecule has 1 N–H and O–H groups in total. The van der Waals surface area contributed by atoms with E-state index in [2.05, 4.69) is 0 Å². The van der Waals surface area contributed by atoms with Crippen molar-refractivity contribution in [1.82, 2.24) is 0 Å². The zero-order chi connectivity index (χ0) is 11.1. The molecule has 0 rings (SSSR count). The van der Waals surface area contributed by atoms with Crippen molar-refractivity contribution in [1.29, 1.82) is 0 Å². The summed E-state index contributed by atoms with van der Waals surface area (Å²) in [5, 5.41) is 8.52. The third-order valence-corrected chi connectivity index (χ3v) is 2.06. The van der Waals surface area contributed by atoms with E-state index in [1.165, 1.54) is 0 Å². The number of hydrogen-bond acceptors (Lipinski definition) is 1. The minimum Gasteiger partial charge on any atom is -0.481 e. The zero-order valence-corrected chi connectivity index (χ0v) is 8.05. The summed E-state index contributed by atoms with van der Waals surface area (Å²) >= 11 is 0. The first-order valence-electron chi connectivity index (χ1n) is 4.65. The van der Waals surface area contributed by atoms with Crippen molar-refractivity contribution in [2.75, 3.05) is 0 Å². The summed E-state index contributed by atoms with van der Waals surface area (Å²) in [6.07, 6.45) is -3.73. The lowest BCUT2D eigenvalue weighted by Crippen LogP contribution is -2.30. The van der Waals surface area contributed by atoms with Crippen molar-refractivity contribution in [3.8, 4) is 0 Å². The first kappa shape index (κ1) is 13.3. The van der Waals surface area contributed by atoms with Gasteiger partial charge in [0.15, 0.2) is 6.17 Å². The van der Waals surface area contributed by atoms with Crippen LogP contribution in [0.4, 0.5) is 13.2 Å². The van der Waals surface area contributed by atoms with Gasteiger partial charge in [-0.1, -0.05) is 26.2 Å². The number of rotatable bonds is 7. The van der Waals surface area contributed by atoms with E-state index in [1.54, 1.807) is 0 Å². The van der Waals surface area contributed by atoms with Gasteiger partial charge >= 0.3 is 5.97 Å². The van der Waals surface area contributed by atoms with Gasteiger partial charge < -0.3 is 5.11 Å². The Hall–Kier alpha value is -0.740. The molecule has 0 aromatic carbocycles. The molecule has 0 aliphatic heterocycles. The zero-order valence-electron chi connectivity index (χ0n) is 8.05. The van der Waals surface area contributed by atoms with Crippen LogP contribution >= 0.6 is 0 Å². The van der Waals surface area contributed by atoms with E-state index in [1.807, 2.05) is 6.92 Å². The second kappa shape index (κ2) is 6.68. The molecule has 14 heavy (non-hydrogen) atoms. The maximum absolute atomic E-state index is 12.7. The van der Waals surface area contributed by atoms with Crippen molar-refractivity contribution in [2.45, 2.75) is 45.2 Å². The van der Waals surface area contributed by atoms with E-state index in [0.29, 0.717) is 6.42 Å². The van der Waals surface area contributed by atoms with Gasteiger partial charge in [-0.15, -0.1) is 0 Å². The predicted octanol–water partition coefficient (Wildman–Crippen LogP) is 2.87. The van der Waals surface area contributed by atoms with Crippen molar-refractivity contribution < 1.29 is 23.1 Å². The van der Waals surface area contributed by atoms with Crippen molar-refractivity contribution in [3.05, 3.63) is 0 Å². The molecule has 84 valence electrons. The smallest absolute Gasteiger partial charge is 0.309 e. The molecule has 0 spiro atoms. The standard InChI is InChI=1S/C9H15F3O2/c1-2-3-4-5-6(9(13)14)7(10)8(11)12/h6-8H,2-5H2,1H3,(H,13,14). The summed E-state index contributed by atoms with van der Waals surface area (Å²) in [6, 6.07) is 0. The summed E-state index contributed by atoms with van der Waals surface area (Å²) in [7, 11) is 0. The van der Waals surface area contributed by atoms with E-state index in [9.17, 15) is 18.0 Å². The highest BCUT2D eigenvalue weighted by Gasteiger charge is 2.34. The van der Waals surface area contributed by atoms with Gasteiger partial charge in [-0.2, -0.15) is 0 Å². The molecule has 0 bridgehead atoms. The highest BCUT2D eigenvalue weighted by Crippen LogP contribution is 2.22. The van der Waals surface area contributed by atoms with E-state index in [-0.39, 0.29) is 6.42 Å². The molecule has 0 aliphatic carbocycles. The van der Waals surface area contributed by atoms with E-state index in [4.69, 9.17) is 5.11 Å². The Morgan fingerprint density at radius 2 is 1.86 bits per heavy atom. The number of unbranched alkanes of at least 4 members (excludes halogenated alkanes) is 2. The number of carbonyl (C=O) groups is 1. The first-order chi connectivity index (χ1) is 6.50. The van der Waals surface area contributed by atoms with Crippen LogP contribution in [0.1, 0.15) is 32.6 Å². The van der Waals surface area contributed by atoms with Gasteiger partial charge in [-0.25, -0.2) is 13.2 Å². The molecule has 0 heterocycles. The normalized spacial score (nSPS) is 15.5. The fourth-order valence-electron chi connectivity index (χ4n) is 1.21. The molecular formula is C9H15F3O2.